The summed E-state index contributed by atoms with van der Waals surface area (Å²) >= 11 is 0. The number of anilines is 1. The van der Waals surface area contributed by atoms with E-state index in [1.165, 1.54) is 6.42 Å². The van der Waals surface area contributed by atoms with E-state index in [1.807, 2.05) is 24.3 Å². The SMILES string of the molecule is CCOC(=O)[C@H](Cc1ccc(N)cc1)NC1=CC(=O)C12CCCCC2. The molecule has 0 saturated heterocycles. The van der Waals surface area contributed by atoms with Crippen LogP contribution in [0, 0.1) is 5.41 Å². The van der Waals surface area contributed by atoms with Crippen molar-refractivity contribution in [2.75, 3.05) is 12.3 Å². The largest absolute Gasteiger partial charge is 0.464 e. The van der Waals surface area contributed by atoms with Crippen LogP contribution in [0.5, 0.6) is 0 Å². The molecule has 134 valence electrons. The van der Waals surface area contributed by atoms with Gasteiger partial charge in [-0.25, -0.2) is 4.79 Å². The molecule has 2 aliphatic rings. The maximum absolute atomic E-state index is 12.4. The number of rotatable bonds is 6. The molecule has 0 radical (unpaired) electrons. The van der Waals surface area contributed by atoms with Gasteiger partial charge in [-0.15, -0.1) is 0 Å². The number of ketones is 1. The van der Waals surface area contributed by atoms with Gasteiger partial charge in [0.2, 0.25) is 0 Å². The van der Waals surface area contributed by atoms with Crippen LogP contribution in [0.25, 0.3) is 0 Å². The zero-order valence-corrected chi connectivity index (χ0v) is 14.7. The van der Waals surface area contributed by atoms with Crippen molar-refractivity contribution in [3.05, 3.63) is 41.6 Å². The fraction of sp³-hybridized carbons (Fsp3) is 0.500. The van der Waals surface area contributed by atoms with E-state index < -0.39 is 6.04 Å². The van der Waals surface area contributed by atoms with Crippen molar-refractivity contribution in [3.63, 3.8) is 0 Å². The number of allylic oxidation sites excluding steroid dienone is 2. The minimum Gasteiger partial charge on any atom is -0.464 e. The van der Waals surface area contributed by atoms with Crippen LogP contribution in [-0.2, 0) is 20.7 Å². The fourth-order valence-corrected chi connectivity index (χ4v) is 3.83. The van der Waals surface area contributed by atoms with Gasteiger partial charge in [-0.2, -0.15) is 0 Å². The van der Waals surface area contributed by atoms with E-state index in [1.54, 1.807) is 13.0 Å². The summed E-state index contributed by atoms with van der Waals surface area (Å²) in [4.78, 5) is 24.7. The van der Waals surface area contributed by atoms with Crippen LogP contribution >= 0.6 is 0 Å². The van der Waals surface area contributed by atoms with Gasteiger partial charge >= 0.3 is 5.97 Å². The highest BCUT2D eigenvalue weighted by Crippen LogP contribution is 2.48. The van der Waals surface area contributed by atoms with Gasteiger partial charge in [-0.1, -0.05) is 31.4 Å². The molecule has 3 rings (SSSR count). The number of hydrogen-bond acceptors (Lipinski definition) is 5. The number of ether oxygens (including phenoxy) is 1. The van der Waals surface area contributed by atoms with Crippen molar-refractivity contribution >= 4 is 17.4 Å². The highest BCUT2D eigenvalue weighted by molar-refractivity contribution is 6.05. The zero-order valence-electron chi connectivity index (χ0n) is 14.7. The number of carbonyl (C=O) groups excluding carboxylic acids is 2. The van der Waals surface area contributed by atoms with E-state index in [0.717, 1.165) is 36.9 Å². The Morgan fingerprint density at radius 3 is 2.52 bits per heavy atom. The van der Waals surface area contributed by atoms with Crippen molar-refractivity contribution in [1.82, 2.24) is 5.32 Å². The summed E-state index contributed by atoms with van der Waals surface area (Å²) in [6.45, 7) is 2.13. The summed E-state index contributed by atoms with van der Waals surface area (Å²) in [5.74, 6) is -0.0877. The van der Waals surface area contributed by atoms with E-state index >= 15 is 0 Å². The van der Waals surface area contributed by atoms with Gasteiger partial charge in [0.25, 0.3) is 0 Å². The molecule has 0 aliphatic heterocycles. The number of nitrogen functional groups attached to an aromatic ring is 1. The fourth-order valence-electron chi connectivity index (χ4n) is 3.83. The molecule has 1 aromatic carbocycles. The highest BCUT2D eigenvalue weighted by atomic mass is 16.5. The third kappa shape index (κ3) is 3.55. The lowest BCUT2D eigenvalue weighted by Gasteiger charge is -2.44. The number of nitrogens with two attached hydrogens (primary N) is 1. The molecule has 0 aromatic heterocycles. The Labute approximate surface area is 148 Å². The molecule has 1 spiro atoms. The minimum atomic E-state index is -0.498. The Kier molecular flexibility index (Phi) is 5.11. The summed E-state index contributed by atoms with van der Waals surface area (Å²) in [7, 11) is 0. The lowest BCUT2D eigenvalue weighted by Crippen LogP contribution is -2.52. The number of benzene rings is 1. The second-order valence-electron chi connectivity index (χ2n) is 6.96. The molecule has 1 fully saturated rings. The standard InChI is InChI=1S/C20H26N2O3/c1-2-25-19(24)16(12-14-6-8-15(21)9-7-14)22-17-13-18(23)20(17)10-4-3-5-11-20/h6-9,13,16,22H,2-5,10-12,21H2,1H3/t16-/m0/s1. The van der Waals surface area contributed by atoms with E-state index in [2.05, 4.69) is 5.32 Å². The second-order valence-corrected chi connectivity index (χ2v) is 6.96. The van der Waals surface area contributed by atoms with Crippen LogP contribution in [0.15, 0.2) is 36.0 Å². The van der Waals surface area contributed by atoms with Crippen LogP contribution in [0.2, 0.25) is 0 Å². The van der Waals surface area contributed by atoms with Gasteiger partial charge in [-0.3, -0.25) is 4.79 Å². The molecule has 1 aromatic rings. The maximum Gasteiger partial charge on any atom is 0.328 e. The van der Waals surface area contributed by atoms with Crippen LogP contribution in [0.1, 0.15) is 44.6 Å². The summed E-state index contributed by atoms with van der Waals surface area (Å²) in [6, 6.07) is 6.99. The predicted molar refractivity (Wildman–Crippen MR) is 96.7 cm³/mol. The summed E-state index contributed by atoms with van der Waals surface area (Å²) < 4.78 is 5.23. The van der Waals surface area contributed by atoms with E-state index in [9.17, 15) is 9.59 Å². The van der Waals surface area contributed by atoms with Gasteiger partial charge in [0.1, 0.15) is 6.04 Å². The zero-order chi connectivity index (χ0) is 17.9. The Balaban J connectivity index is 1.75. The first kappa shape index (κ1) is 17.5. The molecule has 0 unspecified atom stereocenters. The van der Waals surface area contributed by atoms with Crippen LogP contribution in [0.3, 0.4) is 0 Å². The van der Waals surface area contributed by atoms with Gasteiger partial charge < -0.3 is 15.8 Å². The Hall–Kier alpha value is -2.30. The molecule has 25 heavy (non-hydrogen) atoms. The van der Waals surface area contributed by atoms with Crippen molar-refractivity contribution < 1.29 is 14.3 Å². The van der Waals surface area contributed by atoms with E-state index in [4.69, 9.17) is 10.5 Å². The average molecular weight is 342 g/mol. The Bertz CT molecular complexity index is 673. The third-order valence-corrected chi connectivity index (χ3v) is 5.29. The molecule has 5 nitrogen and oxygen atoms in total. The normalized spacial score (nSPS) is 19.7. The Morgan fingerprint density at radius 2 is 1.92 bits per heavy atom. The molecule has 0 bridgehead atoms. The topological polar surface area (TPSA) is 81.4 Å². The van der Waals surface area contributed by atoms with Gasteiger partial charge in [0.15, 0.2) is 5.78 Å². The lowest BCUT2D eigenvalue weighted by atomic mass is 9.62. The molecule has 1 atom stereocenters. The van der Waals surface area contributed by atoms with Crippen molar-refractivity contribution in [3.8, 4) is 0 Å². The summed E-state index contributed by atoms with van der Waals surface area (Å²) in [5.41, 5.74) is 7.95. The smallest absolute Gasteiger partial charge is 0.328 e. The number of carbonyl (C=O) groups is 2. The lowest BCUT2D eigenvalue weighted by molar-refractivity contribution is -0.146. The summed E-state index contributed by atoms with van der Waals surface area (Å²) in [6.07, 6.45) is 7.21. The quantitative estimate of drug-likeness (QED) is 0.614. The van der Waals surface area contributed by atoms with Crippen LogP contribution in [-0.4, -0.2) is 24.4 Å². The first-order valence-electron chi connectivity index (χ1n) is 9.09. The van der Waals surface area contributed by atoms with Gasteiger partial charge in [-0.05, 0) is 37.5 Å². The Morgan fingerprint density at radius 1 is 1.24 bits per heavy atom. The highest BCUT2D eigenvalue weighted by Gasteiger charge is 2.49. The molecule has 0 heterocycles. The van der Waals surface area contributed by atoms with Crippen molar-refractivity contribution in [1.29, 1.82) is 0 Å². The van der Waals surface area contributed by atoms with Crippen LogP contribution < -0.4 is 11.1 Å². The first-order chi connectivity index (χ1) is 12.0. The number of esters is 1. The molecule has 0 amide bonds. The monoisotopic (exact) mass is 342 g/mol. The predicted octanol–water partition coefficient (Wildman–Crippen LogP) is 2.75. The van der Waals surface area contributed by atoms with Crippen molar-refractivity contribution in [2.45, 2.75) is 51.5 Å². The molecule has 3 N–H and O–H groups in total. The summed E-state index contributed by atoms with van der Waals surface area (Å²) in [5, 5.41) is 3.33. The van der Waals surface area contributed by atoms with Crippen molar-refractivity contribution in [2.24, 2.45) is 5.41 Å². The van der Waals surface area contributed by atoms with Gasteiger partial charge in [0, 0.05) is 23.9 Å². The first-order valence-corrected chi connectivity index (χ1v) is 9.09. The number of nitrogens with one attached hydrogen (secondary N) is 1. The third-order valence-electron chi connectivity index (χ3n) is 5.29. The molecule has 5 heteroatoms. The molecular weight excluding hydrogens is 316 g/mol. The van der Waals surface area contributed by atoms with E-state index in [-0.39, 0.29) is 17.2 Å². The average Bonchev–Trinajstić information content (AvgIpc) is 2.63. The second kappa shape index (κ2) is 7.30. The maximum atomic E-state index is 12.4. The van der Waals surface area contributed by atoms with Gasteiger partial charge in [0.05, 0.1) is 12.0 Å². The minimum absolute atomic E-state index is 0.199. The van der Waals surface area contributed by atoms with Crippen LogP contribution in [0.4, 0.5) is 5.69 Å². The molecule has 2 aliphatic carbocycles. The van der Waals surface area contributed by atoms with E-state index in [0.29, 0.717) is 18.7 Å². The molecule has 1 saturated carbocycles. The molecular formula is C20H26N2O3. The number of hydrogen-bond donors (Lipinski definition) is 2.